The van der Waals surface area contributed by atoms with Gasteiger partial charge in [-0.2, -0.15) is 9.61 Å². The van der Waals surface area contributed by atoms with E-state index >= 15 is 0 Å². The highest BCUT2D eigenvalue weighted by Crippen LogP contribution is 2.27. The number of aromatic nitrogens is 6. The Bertz CT molecular complexity index is 736. The quantitative estimate of drug-likeness (QED) is 0.786. The second kappa shape index (κ2) is 4.30. The molecule has 3 rings (SSSR count). The van der Waals surface area contributed by atoms with Crippen LogP contribution in [0.25, 0.3) is 16.3 Å². The number of nitrogen functional groups attached to an aromatic ring is 1. The van der Waals surface area contributed by atoms with Gasteiger partial charge >= 0.3 is 0 Å². The van der Waals surface area contributed by atoms with Crippen molar-refractivity contribution in [1.29, 1.82) is 0 Å². The smallest absolute Gasteiger partial charge is 0.236 e. The summed E-state index contributed by atoms with van der Waals surface area (Å²) in [6.07, 6.45) is 1.04. The Morgan fingerprint density at radius 3 is 2.74 bits per heavy atom. The Kier molecular flexibility index (Phi) is 2.74. The van der Waals surface area contributed by atoms with Crippen LogP contribution in [0.4, 0.5) is 5.13 Å². The fourth-order valence-electron chi connectivity index (χ4n) is 2.24. The highest BCUT2D eigenvalue weighted by Gasteiger charge is 2.20. The van der Waals surface area contributed by atoms with Crippen LogP contribution in [0.5, 0.6) is 0 Å². The lowest BCUT2D eigenvalue weighted by atomic mass is 10.2. The monoisotopic (exact) mass is 277 g/mol. The average molecular weight is 277 g/mol. The lowest BCUT2D eigenvalue weighted by Gasteiger charge is -2.01. The summed E-state index contributed by atoms with van der Waals surface area (Å²) < 4.78 is 3.69. The minimum atomic E-state index is 0.488. The van der Waals surface area contributed by atoms with Crippen LogP contribution >= 0.6 is 11.3 Å². The molecule has 8 heteroatoms. The summed E-state index contributed by atoms with van der Waals surface area (Å²) in [5.74, 6) is 0.709. The molecule has 3 aromatic heterocycles. The average Bonchev–Trinajstić information content (AvgIpc) is 2.96. The lowest BCUT2D eigenvalue weighted by Crippen LogP contribution is -2.01. The predicted molar refractivity (Wildman–Crippen MR) is 74.1 cm³/mol. The van der Waals surface area contributed by atoms with Gasteiger partial charge in [0.25, 0.3) is 0 Å². The largest absolute Gasteiger partial charge is 0.374 e. The van der Waals surface area contributed by atoms with Gasteiger partial charge in [-0.25, -0.2) is 0 Å². The molecule has 0 saturated carbocycles. The summed E-state index contributed by atoms with van der Waals surface area (Å²) in [4.78, 5) is 0.703. The fraction of sp³-hybridized carbons (Fsp3) is 0.455. The summed E-state index contributed by atoms with van der Waals surface area (Å²) in [6.45, 7) is 7.05. The van der Waals surface area contributed by atoms with Gasteiger partial charge in [-0.15, -0.1) is 15.3 Å². The Morgan fingerprint density at radius 2 is 2.00 bits per heavy atom. The second-order valence-corrected chi connectivity index (χ2v) is 5.41. The molecule has 0 atom stereocenters. The topological polar surface area (TPSA) is 86.9 Å². The predicted octanol–water partition coefficient (Wildman–Crippen LogP) is 1.66. The summed E-state index contributed by atoms with van der Waals surface area (Å²) >= 11 is 1.33. The van der Waals surface area contributed by atoms with Gasteiger partial charge in [0, 0.05) is 12.2 Å². The Balaban J connectivity index is 2.20. The van der Waals surface area contributed by atoms with Gasteiger partial charge in [0.2, 0.25) is 10.1 Å². The number of aryl methyl sites for hydroxylation is 2. The Morgan fingerprint density at radius 1 is 1.21 bits per heavy atom. The van der Waals surface area contributed by atoms with E-state index in [1.165, 1.54) is 11.3 Å². The molecular weight excluding hydrogens is 262 g/mol. The lowest BCUT2D eigenvalue weighted by molar-refractivity contribution is 0.583. The van der Waals surface area contributed by atoms with Gasteiger partial charge in [-0.05, 0) is 20.3 Å². The molecule has 0 aliphatic heterocycles. The molecule has 0 aromatic carbocycles. The molecular formula is C11H15N7S. The number of fused-ring (bicyclic) bond motifs is 1. The number of hydrogen-bond donors (Lipinski definition) is 1. The summed E-state index contributed by atoms with van der Waals surface area (Å²) in [7, 11) is 0. The van der Waals surface area contributed by atoms with E-state index in [0.717, 1.165) is 29.9 Å². The van der Waals surface area contributed by atoms with Crippen molar-refractivity contribution in [3.8, 4) is 11.4 Å². The standard InChI is InChI=1S/C11H15N7S/c1-4-5-17-7(3)8(6(2)15-17)9-13-14-11-18(9)16-10(12)19-11/h4-5H2,1-3H3,(H2,12,16). The van der Waals surface area contributed by atoms with Gasteiger partial charge in [0.1, 0.15) is 0 Å². The molecule has 7 nitrogen and oxygen atoms in total. The molecule has 0 amide bonds. The fourth-order valence-corrected chi connectivity index (χ4v) is 2.84. The van der Waals surface area contributed by atoms with E-state index in [0.29, 0.717) is 15.9 Å². The van der Waals surface area contributed by atoms with Crippen LogP contribution < -0.4 is 5.73 Å². The zero-order valence-corrected chi connectivity index (χ0v) is 11.9. The molecule has 0 unspecified atom stereocenters. The van der Waals surface area contributed by atoms with Gasteiger partial charge in [0.15, 0.2) is 5.82 Å². The first kappa shape index (κ1) is 12.1. The third-order valence-corrected chi connectivity index (χ3v) is 3.77. The third-order valence-electron chi connectivity index (χ3n) is 3.05. The minimum Gasteiger partial charge on any atom is -0.374 e. The zero-order valence-electron chi connectivity index (χ0n) is 11.1. The van der Waals surface area contributed by atoms with Crippen molar-refractivity contribution < 1.29 is 0 Å². The summed E-state index contributed by atoms with van der Waals surface area (Å²) in [6, 6.07) is 0. The van der Waals surface area contributed by atoms with Crippen LogP contribution in [0, 0.1) is 13.8 Å². The number of nitrogens with zero attached hydrogens (tertiary/aromatic N) is 6. The van der Waals surface area contributed by atoms with Crippen molar-refractivity contribution in [3.63, 3.8) is 0 Å². The SMILES string of the molecule is CCCn1nc(C)c(-c2nnc3sc(N)nn23)c1C. The van der Waals surface area contributed by atoms with E-state index in [4.69, 9.17) is 5.73 Å². The number of hydrogen-bond acceptors (Lipinski definition) is 6. The maximum Gasteiger partial charge on any atom is 0.236 e. The van der Waals surface area contributed by atoms with Crippen molar-refractivity contribution in [1.82, 2.24) is 29.6 Å². The van der Waals surface area contributed by atoms with E-state index in [9.17, 15) is 0 Å². The van der Waals surface area contributed by atoms with Crippen molar-refractivity contribution in [2.45, 2.75) is 33.7 Å². The number of rotatable bonds is 3. The van der Waals surface area contributed by atoms with Gasteiger partial charge in [0.05, 0.1) is 11.3 Å². The molecule has 3 aromatic rings. The van der Waals surface area contributed by atoms with Crippen molar-refractivity contribution in [2.75, 3.05) is 5.73 Å². The van der Waals surface area contributed by atoms with Crippen LogP contribution in [0.2, 0.25) is 0 Å². The molecule has 19 heavy (non-hydrogen) atoms. The van der Waals surface area contributed by atoms with E-state index in [2.05, 4.69) is 27.3 Å². The van der Waals surface area contributed by atoms with Crippen molar-refractivity contribution in [2.24, 2.45) is 0 Å². The molecule has 0 spiro atoms. The van der Waals surface area contributed by atoms with Gasteiger partial charge in [-0.3, -0.25) is 4.68 Å². The molecule has 100 valence electrons. The van der Waals surface area contributed by atoms with Crippen molar-refractivity contribution >= 4 is 21.4 Å². The van der Waals surface area contributed by atoms with Crippen molar-refractivity contribution in [3.05, 3.63) is 11.4 Å². The maximum atomic E-state index is 5.71. The highest BCUT2D eigenvalue weighted by atomic mass is 32.1. The number of nitrogens with two attached hydrogens (primary N) is 1. The Labute approximate surface area is 114 Å². The van der Waals surface area contributed by atoms with Crippen LogP contribution in [0.1, 0.15) is 24.7 Å². The first-order chi connectivity index (χ1) is 9.11. The van der Waals surface area contributed by atoms with Crippen LogP contribution in [0.15, 0.2) is 0 Å². The molecule has 2 N–H and O–H groups in total. The molecule has 0 radical (unpaired) electrons. The third kappa shape index (κ3) is 1.79. The zero-order chi connectivity index (χ0) is 13.6. The normalized spacial score (nSPS) is 11.5. The number of anilines is 1. The molecule has 0 bridgehead atoms. The summed E-state index contributed by atoms with van der Waals surface area (Å²) in [5.41, 5.74) is 8.72. The van der Waals surface area contributed by atoms with Gasteiger partial charge < -0.3 is 5.73 Å². The van der Waals surface area contributed by atoms with Gasteiger partial charge in [-0.1, -0.05) is 18.3 Å². The molecule has 0 saturated heterocycles. The molecule has 0 fully saturated rings. The van der Waals surface area contributed by atoms with E-state index in [-0.39, 0.29) is 0 Å². The summed E-state index contributed by atoms with van der Waals surface area (Å²) in [5, 5.41) is 17.6. The molecule has 0 aliphatic carbocycles. The Hall–Kier alpha value is -1.96. The van der Waals surface area contributed by atoms with Crippen LogP contribution in [0.3, 0.4) is 0 Å². The molecule has 3 heterocycles. The first-order valence-electron chi connectivity index (χ1n) is 6.14. The first-order valence-corrected chi connectivity index (χ1v) is 6.95. The minimum absolute atomic E-state index is 0.488. The van der Waals surface area contributed by atoms with Crippen LogP contribution in [-0.2, 0) is 6.54 Å². The second-order valence-electron chi connectivity index (χ2n) is 4.43. The van der Waals surface area contributed by atoms with E-state index < -0.39 is 0 Å². The maximum absolute atomic E-state index is 5.71. The highest BCUT2D eigenvalue weighted by molar-refractivity contribution is 7.20. The molecule has 0 aliphatic rings. The van der Waals surface area contributed by atoms with E-state index in [1.807, 2.05) is 18.5 Å². The van der Waals surface area contributed by atoms with E-state index in [1.54, 1.807) is 4.52 Å². The van der Waals surface area contributed by atoms with Crippen LogP contribution in [-0.4, -0.2) is 29.6 Å².